The number of carbonyl (C=O) groups is 1. The third kappa shape index (κ3) is 2.71. The minimum atomic E-state index is -0.135. The molecule has 1 amide bonds. The highest BCUT2D eigenvalue weighted by atomic mass is 16.5. The number of rotatable bonds is 3. The van der Waals surface area contributed by atoms with E-state index in [1.807, 2.05) is 53.2 Å². The third-order valence-electron chi connectivity index (χ3n) is 4.19. The Morgan fingerprint density at radius 3 is 3.09 bits per heavy atom. The molecule has 1 aliphatic rings. The molecule has 5 heteroatoms. The van der Waals surface area contributed by atoms with Crippen LogP contribution in [0.25, 0.3) is 5.52 Å². The van der Waals surface area contributed by atoms with Crippen LogP contribution in [0.1, 0.15) is 28.4 Å². The average molecular weight is 307 g/mol. The molecule has 0 bridgehead atoms. The fourth-order valence-electron chi connectivity index (χ4n) is 3.04. The molecule has 0 saturated carbocycles. The van der Waals surface area contributed by atoms with Gasteiger partial charge in [-0.25, -0.2) is 0 Å². The molecular formula is C18H17N3O2. The van der Waals surface area contributed by atoms with Gasteiger partial charge in [0.1, 0.15) is 6.10 Å². The van der Waals surface area contributed by atoms with E-state index < -0.39 is 0 Å². The Kier molecular flexibility index (Phi) is 3.55. The number of amides is 1. The number of pyridine rings is 2. The van der Waals surface area contributed by atoms with E-state index in [1.165, 1.54) is 0 Å². The second-order valence-corrected chi connectivity index (χ2v) is 5.71. The van der Waals surface area contributed by atoms with E-state index in [4.69, 9.17) is 4.74 Å². The van der Waals surface area contributed by atoms with Crippen LogP contribution in [-0.2, 0) is 4.74 Å². The first kappa shape index (κ1) is 14.0. The van der Waals surface area contributed by atoms with E-state index in [2.05, 4.69) is 10.3 Å². The van der Waals surface area contributed by atoms with Crippen LogP contribution in [-0.4, -0.2) is 27.9 Å². The summed E-state index contributed by atoms with van der Waals surface area (Å²) in [5.41, 5.74) is 2.66. The van der Waals surface area contributed by atoms with Gasteiger partial charge in [-0.3, -0.25) is 9.78 Å². The number of nitrogens with one attached hydrogen (secondary N) is 1. The molecule has 0 aromatic carbocycles. The van der Waals surface area contributed by atoms with Crippen molar-refractivity contribution in [3.63, 3.8) is 0 Å². The zero-order valence-electron chi connectivity index (χ0n) is 12.6. The molecule has 1 aliphatic heterocycles. The Bertz CT molecular complexity index is 795. The minimum absolute atomic E-state index is 0.0327. The Labute approximate surface area is 133 Å². The molecule has 5 nitrogen and oxygen atoms in total. The van der Waals surface area contributed by atoms with Crippen LogP contribution in [0.5, 0.6) is 0 Å². The zero-order valence-corrected chi connectivity index (χ0v) is 12.6. The van der Waals surface area contributed by atoms with E-state index in [9.17, 15) is 4.79 Å². The van der Waals surface area contributed by atoms with Crippen LogP contribution in [0.3, 0.4) is 0 Å². The minimum Gasteiger partial charge on any atom is -0.371 e. The number of fused-ring (bicyclic) bond motifs is 1. The molecule has 0 radical (unpaired) electrons. The maximum Gasteiger partial charge on any atom is 0.253 e. The maximum absolute atomic E-state index is 12.6. The molecule has 0 aliphatic carbocycles. The maximum atomic E-state index is 12.6. The van der Waals surface area contributed by atoms with Crippen molar-refractivity contribution in [3.05, 3.63) is 72.3 Å². The fraction of sp³-hybridized carbons (Fsp3) is 0.222. The van der Waals surface area contributed by atoms with Gasteiger partial charge in [0.2, 0.25) is 0 Å². The van der Waals surface area contributed by atoms with Crippen molar-refractivity contribution in [1.29, 1.82) is 0 Å². The molecule has 23 heavy (non-hydrogen) atoms. The number of aromatic nitrogens is 2. The van der Waals surface area contributed by atoms with Gasteiger partial charge < -0.3 is 14.5 Å². The summed E-state index contributed by atoms with van der Waals surface area (Å²) in [4.78, 5) is 16.7. The van der Waals surface area contributed by atoms with Gasteiger partial charge in [-0.05, 0) is 30.7 Å². The van der Waals surface area contributed by atoms with E-state index in [0.29, 0.717) is 12.2 Å². The number of carbonyl (C=O) groups excluding carboxylic acids is 1. The molecule has 2 atom stereocenters. The Morgan fingerprint density at radius 1 is 1.30 bits per heavy atom. The summed E-state index contributed by atoms with van der Waals surface area (Å²) in [6.45, 7) is 0.641. The van der Waals surface area contributed by atoms with Gasteiger partial charge >= 0.3 is 0 Å². The van der Waals surface area contributed by atoms with E-state index >= 15 is 0 Å². The summed E-state index contributed by atoms with van der Waals surface area (Å²) >= 11 is 0. The Morgan fingerprint density at radius 2 is 2.26 bits per heavy atom. The van der Waals surface area contributed by atoms with Crippen molar-refractivity contribution in [2.45, 2.75) is 18.6 Å². The molecular weight excluding hydrogens is 290 g/mol. The quantitative estimate of drug-likeness (QED) is 0.809. The SMILES string of the molecule is O=C(N[C@H]1CCO[C@@H]1c1cccnc1)c1cc2ccccn2c1. The van der Waals surface area contributed by atoms with Crippen molar-refractivity contribution >= 4 is 11.4 Å². The topological polar surface area (TPSA) is 55.6 Å². The normalized spacial score (nSPS) is 20.7. The highest BCUT2D eigenvalue weighted by molar-refractivity contribution is 5.95. The fourth-order valence-corrected chi connectivity index (χ4v) is 3.04. The summed E-state index contributed by atoms with van der Waals surface area (Å²) in [6.07, 6.45) is 7.98. The van der Waals surface area contributed by atoms with Crippen LogP contribution in [0.2, 0.25) is 0 Å². The second-order valence-electron chi connectivity index (χ2n) is 5.71. The molecule has 116 valence electrons. The van der Waals surface area contributed by atoms with Crippen molar-refractivity contribution in [2.75, 3.05) is 6.61 Å². The molecule has 1 saturated heterocycles. The van der Waals surface area contributed by atoms with Gasteiger partial charge in [0.05, 0.1) is 11.6 Å². The molecule has 3 aromatic rings. The number of ether oxygens (including phenoxy) is 1. The molecule has 1 fully saturated rings. The van der Waals surface area contributed by atoms with Crippen LogP contribution in [0, 0.1) is 0 Å². The molecule has 1 N–H and O–H groups in total. The van der Waals surface area contributed by atoms with E-state index in [-0.39, 0.29) is 18.1 Å². The average Bonchev–Trinajstić information content (AvgIpc) is 3.22. The van der Waals surface area contributed by atoms with Gasteiger partial charge in [0, 0.05) is 42.5 Å². The summed E-state index contributed by atoms with van der Waals surface area (Å²) in [7, 11) is 0. The van der Waals surface area contributed by atoms with Crippen LogP contribution in [0.4, 0.5) is 0 Å². The first-order valence-corrected chi connectivity index (χ1v) is 7.70. The van der Waals surface area contributed by atoms with Crippen molar-refractivity contribution in [1.82, 2.24) is 14.7 Å². The number of hydrogen-bond donors (Lipinski definition) is 1. The molecule has 4 rings (SSSR count). The smallest absolute Gasteiger partial charge is 0.253 e. The molecule has 0 spiro atoms. The standard InChI is InChI=1S/C18H17N3O2/c22-18(14-10-15-5-1-2-8-21(15)12-14)20-16-6-9-23-17(16)13-4-3-7-19-11-13/h1-5,7-8,10-12,16-17H,6,9H2,(H,20,22)/t16-,17+/m0/s1. The second kappa shape index (κ2) is 5.85. The van der Waals surface area contributed by atoms with E-state index in [0.717, 1.165) is 17.5 Å². The lowest BCUT2D eigenvalue weighted by Crippen LogP contribution is -2.36. The van der Waals surface area contributed by atoms with Gasteiger partial charge in [-0.15, -0.1) is 0 Å². The van der Waals surface area contributed by atoms with Crippen molar-refractivity contribution < 1.29 is 9.53 Å². The van der Waals surface area contributed by atoms with Gasteiger partial charge in [0.15, 0.2) is 0 Å². The number of hydrogen-bond acceptors (Lipinski definition) is 3. The third-order valence-corrected chi connectivity index (χ3v) is 4.19. The summed E-state index contributed by atoms with van der Waals surface area (Å²) < 4.78 is 7.73. The summed E-state index contributed by atoms with van der Waals surface area (Å²) in [6, 6.07) is 11.6. The predicted molar refractivity (Wildman–Crippen MR) is 86.2 cm³/mol. The largest absolute Gasteiger partial charge is 0.371 e. The molecule has 0 unspecified atom stereocenters. The van der Waals surface area contributed by atoms with Crippen molar-refractivity contribution in [3.8, 4) is 0 Å². The number of nitrogens with zero attached hydrogens (tertiary/aromatic N) is 2. The lowest BCUT2D eigenvalue weighted by atomic mass is 10.0. The lowest BCUT2D eigenvalue weighted by Gasteiger charge is -2.19. The monoisotopic (exact) mass is 307 g/mol. The lowest BCUT2D eigenvalue weighted by molar-refractivity contribution is 0.0820. The van der Waals surface area contributed by atoms with E-state index in [1.54, 1.807) is 12.4 Å². The predicted octanol–water partition coefficient (Wildman–Crippen LogP) is 2.59. The van der Waals surface area contributed by atoms with Gasteiger partial charge in [0.25, 0.3) is 5.91 Å². The first-order chi connectivity index (χ1) is 11.3. The van der Waals surface area contributed by atoms with Gasteiger partial charge in [-0.1, -0.05) is 12.1 Å². The highest BCUT2D eigenvalue weighted by Gasteiger charge is 2.31. The van der Waals surface area contributed by atoms with Crippen LogP contribution in [0.15, 0.2) is 61.2 Å². The van der Waals surface area contributed by atoms with Crippen molar-refractivity contribution in [2.24, 2.45) is 0 Å². The molecule has 4 heterocycles. The van der Waals surface area contributed by atoms with Gasteiger partial charge in [-0.2, -0.15) is 0 Å². The van der Waals surface area contributed by atoms with Crippen LogP contribution < -0.4 is 5.32 Å². The first-order valence-electron chi connectivity index (χ1n) is 7.70. The molecule has 3 aromatic heterocycles. The van der Waals surface area contributed by atoms with Crippen LogP contribution >= 0.6 is 0 Å². The summed E-state index contributed by atoms with van der Waals surface area (Å²) in [5, 5.41) is 3.10. The Hall–Kier alpha value is -2.66. The zero-order chi connectivity index (χ0) is 15.6. The highest BCUT2D eigenvalue weighted by Crippen LogP contribution is 2.28. The summed E-state index contributed by atoms with van der Waals surface area (Å²) in [5.74, 6) is -0.0712. The Balaban J connectivity index is 1.53.